The quantitative estimate of drug-likeness (QED) is 0.859. The minimum absolute atomic E-state index is 0.0341. The molecule has 2 aliphatic rings. The number of thiophene rings is 1. The van der Waals surface area contributed by atoms with E-state index in [1.807, 2.05) is 0 Å². The molecule has 23 heavy (non-hydrogen) atoms. The van der Waals surface area contributed by atoms with Gasteiger partial charge in [0.1, 0.15) is 4.88 Å². The Morgan fingerprint density at radius 3 is 2.61 bits per heavy atom. The molecule has 1 aliphatic heterocycles. The Labute approximate surface area is 138 Å². The van der Waals surface area contributed by atoms with Gasteiger partial charge in [0.05, 0.1) is 10.8 Å². The van der Waals surface area contributed by atoms with Crippen molar-refractivity contribution in [2.75, 3.05) is 19.6 Å². The van der Waals surface area contributed by atoms with Crippen LogP contribution < -0.4 is 5.32 Å². The molecule has 0 radical (unpaired) electrons. The Balaban J connectivity index is 1.59. The molecule has 124 valence electrons. The van der Waals surface area contributed by atoms with Crippen molar-refractivity contribution in [2.24, 2.45) is 11.8 Å². The van der Waals surface area contributed by atoms with Gasteiger partial charge in [0.25, 0.3) is 5.91 Å². The second-order valence-corrected chi connectivity index (χ2v) is 7.33. The van der Waals surface area contributed by atoms with Gasteiger partial charge in [-0.3, -0.25) is 9.59 Å². The lowest BCUT2D eigenvalue weighted by Gasteiger charge is -2.31. The number of carboxylic acids is 1. The van der Waals surface area contributed by atoms with Crippen molar-refractivity contribution < 1.29 is 19.5 Å². The first kappa shape index (κ1) is 16.0. The molecule has 1 aliphatic carbocycles. The second kappa shape index (κ2) is 6.70. The van der Waals surface area contributed by atoms with Gasteiger partial charge in [0.2, 0.25) is 5.91 Å². The summed E-state index contributed by atoms with van der Waals surface area (Å²) in [5, 5.41) is 11.9. The first-order chi connectivity index (χ1) is 11.0. The van der Waals surface area contributed by atoms with E-state index in [0.717, 1.165) is 30.7 Å². The number of rotatable bonds is 5. The van der Waals surface area contributed by atoms with E-state index in [1.165, 1.54) is 18.9 Å². The molecular formula is C16H20N2O4S. The topological polar surface area (TPSA) is 86.7 Å². The number of piperidine rings is 1. The molecule has 1 saturated carbocycles. The van der Waals surface area contributed by atoms with Crippen LogP contribution >= 0.6 is 11.3 Å². The summed E-state index contributed by atoms with van der Waals surface area (Å²) in [6.45, 7) is 1.78. The summed E-state index contributed by atoms with van der Waals surface area (Å²) in [5.41, 5.74) is 0. The van der Waals surface area contributed by atoms with Gasteiger partial charge in [-0.1, -0.05) is 0 Å². The fraction of sp³-hybridized carbons (Fsp3) is 0.562. The molecule has 3 rings (SSSR count). The summed E-state index contributed by atoms with van der Waals surface area (Å²) >= 11 is 0.983. The van der Waals surface area contributed by atoms with Crippen molar-refractivity contribution >= 4 is 29.1 Å². The first-order valence-electron chi connectivity index (χ1n) is 7.94. The van der Waals surface area contributed by atoms with Crippen molar-refractivity contribution in [3.05, 3.63) is 21.9 Å². The van der Waals surface area contributed by atoms with E-state index < -0.39 is 5.97 Å². The molecule has 1 atom stereocenters. The summed E-state index contributed by atoms with van der Waals surface area (Å²) in [6, 6.07) is 3.00. The highest BCUT2D eigenvalue weighted by Crippen LogP contribution is 2.28. The third-order valence-corrected chi connectivity index (χ3v) is 5.43. The van der Waals surface area contributed by atoms with E-state index in [2.05, 4.69) is 5.32 Å². The van der Waals surface area contributed by atoms with Crippen LogP contribution in [0.25, 0.3) is 0 Å². The lowest BCUT2D eigenvalue weighted by molar-refractivity contribution is -0.126. The van der Waals surface area contributed by atoms with E-state index in [9.17, 15) is 14.4 Å². The number of aromatic carboxylic acids is 1. The van der Waals surface area contributed by atoms with E-state index in [4.69, 9.17) is 5.11 Å². The Kier molecular flexibility index (Phi) is 4.66. The van der Waals surface area contributed by atoms with Crippen LogP contribution in [0, 0.1) is 11.8 Å². The van der Waals surface area contributed by atoms with Crippen molar-refractivity contribution in [3.8, 4) is 0 Å². The number of hydrogen-bond donors (Lipinski definition) is 2. The van der Waals surface area contributed by atoms with Crippen molar-refractivity contribution in [3.63, 3.8) is 0 Å². The maximum Gasteiger partial charge on any atom is 0.345 e. The number of carboxylic acid groups (broad SMARTS) is 1. The minimum atomic E-state index is -1.02. The van der Waals surface area contributed by atoms with Crippen LogP contribution in [-0.4, -0.2) is 47.4 Å². The average Bonchev–Trinajstić information content (AvgIpc) is 3.25. The highest BCUT2D eigenvalue weighted by Gasteiger charge is 2.30. The number of nitrogens with zero attached hydrogens (tertiary/aromatic N) is 1. The predicted octanol–water partition coefficient (Wildman–Crippen LogP) is 1.82. The standard InChI is InChI=1S/C16H20N2O4S/c19-14(17-8-10-3-4-10)11-2-1-7-18(9-11)15(20)12-5-6-13(23-12)16(21)22/h5-6,10-11H,1-4,7-9H2,(H,17,19)(H,21,22). The summed E-state index contributed by atoms with van der Waals surface area (Å²) in [6.07, 6.45) is 3.98. The summed E-state index contributed by atoms with van der Waals surface area (Å²) in [4.78, 5) is 37.9. The van der Waals surface area contributed by atoms with Gasteiger partial charge in [0, 0.05) is 19.6 Å². The van der Waals surface area contributed by atoms with Gasteiger partial charge in [-0.15, -0.1) is 11.3 Å². The van der Waals surface area contributed by atoms with Crippen LogP contribution in [0.5, 0.6) is 0 Å². The highest BCUT2D eigenvalue weighted by molar-refractivity contribution is 7.15. The Bertz CT molecular complexity index is 623. The Morgan fingerprint density at radius 2 is 1.96 bits per heavy atom. The number of nitrogens with one attached hydrogen (secondary N) is 1. The summed E-state index contributed by atoms with van der Waals surface area (Å²) < 4.78 is 0. The SMILES string of the molecule is O=C(O)c1ccc(C(=O)N2CCCC(C(=O)NCC3CC3)C2)s1. The van der Waals surface area contributed by atoms with E-state index in [0.29, 0.717) is 23.9 Å². The molecule has 7 heteroatoms. The van der Waals surface area contributed by atoms with Crippen LogP contribution in [0.15, 0.2) is 12.1 Å². The maximum absolute atomic E-state index is 12.5. The molecule has 2 N–H and O–H groups in total. The van der Waals surface area contributed by atoms with Crippen molar-refractivity contribution in [2.45, 2.75) is 25.7 Å². The van der Waals surface area contributed by atoms with Crippen LogP contribution in [-0.2, 0) is 4.79 Å². The first-order valence-corrected chi connectivity index (χ1v) is 8.76. The lowest BCUT2D eigenvalue weighted by atomic mass is 9.97. The monoisotopic (exact) mass is 336 g/mol. The second-order valence-electron chi connectivity index (χ2n) is 6.25. The molecule has 0 aromatic carbocycles. The molecule has 6 nitrogen and oxygen atoms in total. The third-order valence-electron chi connectivity index (χ3n) is 4.37. The smallest absolute Gasteiger partial charge is 0.345 e. The zero-order valence-corrected chi connectivity index (χ0v) is 13.6. The zero-order chi connectivity index (χ0) is 16.4. The molecule has 2 heterocycles. The Hall–Kier alpha value is -1.89. The van der Waals surface area contributed by atoms with Crippen LogP contribution in [0.3, 0.4) is 0 Å². The zero-order valence-electron chi connectivity index (χ0n) is 12.8. The molecular weight excluding hydrogens is 316 g/mol. The molecule has 2 fully saturated rings. The number of amides is 2. The van der Waals surface area contributed by atoms with Gasteiger partial charge in [0.15, 0.2) is 0 Å². The number of likely N-dealkylation sites (tertiary alicyclic amines) is 1. The molecule has 1 unspecified atom stereocenters. The normalized spacial score (nSPS) is 21.0. The summed E-state index contributed by atoms with van der Waals surface area (Å²) in [7, 11) is 0. The van der Waals surface area contributed by atoms with Gasteiger partial charge in [-0.2, -0.15) is 0 Å². The van der Waals surface area contributed by atoms with Gasteiger partial charge < -0.3 is 15.3 Å². The molecule has 0 bridgehead atoms. The molecule has 1 aromatic heterocycles. The van der Waals surface area contributed by atoms with Gasteiger partial charge >= 0.3 is 5.97 Å². The Morgan fingerprint density at radius 1 is 1.22 bits per heavy atom. The highest BCUT2D eigenvalue weighted by atomic mass is 32.1. The predicted molar refractivity (Wildman–Crippen MR) is 85.6 cm³/mol. The minimum Gasteiger partial charge on any atom is -0.477 e. The van der Waals surface area contributed by atoms with E-state index >= 15 is 0 Å². The molecule has 1 saturated heterocycles. The fourth-order valence-corrected chi connectivity index (χ4v) is 3.62. The molecule has 0 spiro atoms. The van der Waals surface area contributed by atoms with E-state index in [1.54, 1.807) is 11.0 Å². The summed E-state index contributed by atoms with van der Waals surface area (Å²) in [5.74, 6) is -0.690. The maximum atomic E-state index is 12.5. The largest absolute Gasteiger partial charge is 0.477 e. The van der Waals surface area contributed by atoms with Crippen molar-refractivity contribution in [1.29, 1.82) is 0 Å². The van der Waals surface area contributed by atoms with Crippen LogP contribution in [0.4, 0.5) is 0 Å². The van der Waals surface area contributed by atoms with Crippen LogP contribution in [0.2, 0.25) is 0 Å². The number of carbonyl (C=O) groups excluding carboxylic acids is 2. The fourth-order valence-electron chi connectivity index (χ4n) is 2.81. The van der Waals surface area contributed by atoms with Gasteiger partial charge in [-0.25, -0.2) is 4.79 Å². The molecule has 2 amide bonds. The van der Waals surface area contributed by atoms with Crippen molar-refractivity contribution in [1.82, 2.24) is 10.2 Å². The lowest BCUT2D eigenvalue weighted by Crippen LogP contribution is -2.45. The van der Waals surface area contributed by atoms with Crippen LogP contribution in [0.1, 0.15) is 45.0 Å². The average molecular weight is 336 g/mol. The third kappa shape index (κ3) is 3.90. The number of carbonyl (C=O) groups is 3. The van der Waals surface area contributed by atoms with Gasteiger partial charge in [-0.05, 0) is 43.7 Å². The van der Waals surface area contributed by atoms with E-state index in [-0.39, 0.29) is 22.6 Å². The number of hydrogen-bond acceptors (Lipinski definition) is 4. The molecule has 1 aromatic rings.